The molecule has 0 aliphatic carbocycles. The van der Waals surface area contributed by atoms with Gasteiger partial charge in [0.1, 0.15) is 6.61 Å². The number of thiophene rings is 1. The van der Waals surface area contributed by atoms with Crippen LogP contribution < -0.4 is 11.1 Å². The van der Waals surface area contributed by atoms with Crippen LogP contribution >= 0.6 is 11.3 Å². The topological polar surface area (TPSA) is 64.3 Å². The fourth-order valence-corrected chi connectivity index (χ4v) is 1.88. The Hall–Kier alpha value is -1.07. The third-order valence-electron chi connectivity index (χ3n) is 1.62. The van der Waals surface area contributed by atoms with Crippen LogP contribution in [0.1, 0.15) is 9.75 Å². The third kappa shape index (κ3) is 4.25. The molecule has 78 valence electrons. The van der Waals surface area contributed by atoms with Gasteiger partial charge < -0.3 is 15.8 Å². The van der Waals surface area contributed by atoms with E-state index in [0.29, 0.717) is 13.2 Å². The monoisotopic (exact) mass is 214 g/mol. The first kappa shape index (κ1) is 11.0. The molecule has 1 aromatic heterocycles. The molecule has 5 heteroatoms. The summed E-state index contributed by atoms with van der Waals surface area (Å²) in [6.45, 7) is 3.82. The summed E-state index contributed by atoms with van der Waals surface area (Å²) in [5, 5.41) is 3.15. The van der Waals surface area contributed by atoms with Crippen LogP contribution in [0.25, 0.3) is 0 Å². The number of aryl methyl sites for hydroxylation is 1. The maximum Gasteiger partial charge on any atom is 0.404 e. The summed E-state index contributed by atoms with van der Waals surface area (Å²) in [5.41, 5.74) is 4.80. The molecule has 1 heterocycles. The van der Waals surface area contributed by atoms with E-state index in [1.54, 1.807) is 11.3 Å². The molecule has 0 bridgehead atoms. The Bertz CT molecular complexity index is 299. The predicted octanol–water partition coefficient (Wildman–Crippen LogP) is 1.24. The van der Waals surface area contributed by atoms with Gasteiger partial charge in [-0.2, -0.15) is 0 Å². The molecule has 0 aromatic carbocycles. The number of primary amides is 1. The number of carbonyl (C=O) groups excluding carboxylic acids is 1. The molecule has 0 atom stereocenters. The lowest BCUT2D eigenvalue weighted by Crippen LogP contribution is -2.22. The zero-order valence-corrected chi connectivity index (χ0v) is 8.89. The number of nitrogens with one attached hydrogen (secondary N) is 1. The Labute approximate surface area is 87.1 Å². The van der Waals surface area contributed by atoms with Crippen LogP contribution in [-0.2, 0) is 11.3 Å². The van der Waals surface area contributed by atoms with Crippen molar-refractivity contribution in [1.29, 1.82) is 0 Å². The van der Waals surface area contributed by atoms with E-state index in [0.717, 1.165) is 6.54 Å². The maximum atomic E-state index is 10.2. The van der Waals surface area contributed by atoms with Gasteiger partial charge in [-0.25, -0.2) is 4.79 Å². The summed E-state index contributed by atoms with van der Waals surface area (Å²) in [5.74, 6) is 0. The van der Waals surface area contributed by atoms with Crippen molar-refractivity contribution in [1.82, 2.24) is 5.32 Å². The number of ether oxygens (including phenoxy) is 1. The van der Waals surface area contributed by atoms with Gasteiger partial charge in [0.25, 0.3) is 0 Å². The second-order valence-corrected chi connectivity index (χ2v) is 4.23. The van der Waals surface area contributed by atoms with Gasteiger partial charge in [0.15, 0.2) is 0 Å². The number of hydrogen-bond donors (Lipinski definition) is 2. The number of rotatable bonds is 5. The van der Waals surface area contributed by atoms with Crippen LogP contribution in [0.2, 0.25) is 0 Å². The van der Waals surface area contributed by atoms with Gasteiger partial charge in [0.2, 0.25) is 0 Å². The minimum Gasteiger partial charge on any atom is -0.448 e. The van der Waals surface area contributed by atoms with Gasteiger partial charge in [-0.1, -0.05) is 0 Å². The van der Waals surface area contributed by atoms with E-state index < -0.39 is 6.09 Å². The first-order valence-electron chi connectivity index (χ1n) is 4.37. The summed E-state index contributed by atoms with van der Waals surface area (Å²) >= 11 is 1.76. The standard InChI is InChI=1S/C9H14N2O2S/c1-7-2-3-8(14-7)6-11-4-5-13-9(10)12/h2-3,11H,4-6H2,1H3,(H2,10,12). The average Bonchev–Trinajstić information content (AvgIpc) is 2.50. The van der Waals surface area contributed by atoms with Crippen LogP contribution in [0.5, 0.6) is 0 Å². The quantitative estimate of drug-likeness (QED) is 0.725. The van der Waals surface area contributed by atoms with Crippen LogP contribution in [0.3, 0.4) is 0 Å². The van der Waals surface area contributed by atoms with Crippen LogP contribution in [0.15, 0.2) is 12.1 Å². The number of nitrogens with two attached hydrogens (primary N) is 1. The van der Waals surface area contributed by atoms with E-state index in [-0.39, 0.29) is 0 Å². The highest BCUT2D eigenvalue weighted by Crippen LogP contribution is 2.14. The number of hydrogen-bond acceptors (Lipinski definition) is 4. The van der Waals surface area contributed by atoms with Crippen molar-refractivity contribution in [2.45, 2.75) is 13.5 Å². The first-order valence-corrected chi connectivity index (χ1v) is 5.18. The molecule has 0 aliphatic heterocycles. The van der Waals surface area contributed by atoms with E-state index in [9.17, 15) is 4.79 Å². The Morgan fingerprint density at radius 1 is 1.64 bits per heavy atom. The highest BCUT2D eigenvalue weighted by molar-refractivity contribution is 7.11. The zero-order valence-electron chi connectivity index (χ0n) is 8.08. The van der Waals surface area contributed by atoms with Gasteiger partial charge >= 0.3 is 6.09 Å². The van der Waals surface area contributed by atoms with Crippen molar-refractivity contribution in [2.24, 2.45) is 5.73 Å². The lowest BCUT2D eigenvalue weighted by molar-refractivity contribution is 0.157. The number of carbonyl (C=O) groups is 1. The average molecular weight is 214 g/mol. The molecular weight excluding hydrogens is 200 g/mol. The molecule has 1 amide bonds. The Morgan fingerprint density at radius 3 is 3.00 bits per heavy atom. The maximum absolute atomic E-state index is 10.2. The molecule has 0 unspecified atom stereocenters. The van der Waals surface area contributed by atoms with Crippen molar-refractivity contribution in [3.05, 3.63) is 21.9 Å². The van der Waals surface area contributed by atoms with E-state index in [4.69, 9.17) is 5.73 Å². The lowest BCUT2D eigenvalue weighted by Gasteiger charge is -2.02. The van der Waals surface area contributed by atoms with Crippen molar-refractivity contribution in [3.63, 3.8) is 0 Å². The van der Waals surface area contributed by atoms with Crippen molar-refractivity contribution >= 4 is 17.4 Å². The molecule has 0 fully saturated rings. The Kier molecular flexibility index (Phi) is 4.42. The molecule has 0 spiro atoms. The van der Waals surface area contributed by atoms with Crippen molar-refractivity contribution < 1.29 is 9.53 Å². The largest absolute Gasteiger partial charge is 0.448 e. The van der Waals surface area contributed by atoms with Gasteiger partial charge in [-0.05, 0) is 19.1 Å². The van der Waals surface area contributed by atoms with Crippen molar-refractivity contribution in [3.8, 4) is 0 Å². The van der Waals surface area contributed by atoms with Crippen LogP contribution in [0, 0.1) is 6.92 Å². The summed E-state index contributed by atoms with van der Waals surface area (Å²) in [4.78, 5) is 12.8. The molecule has 3 N–H and O–H groups in total. The molecule has 0 aliphatic rings. The number of amides is 1. The molecule has 0 saturated heterocycles. The van der Waals surface area contributed by atoms with Gasteiger partial charge in [-0.3, -0.25) is 0 Å². The smallest absolute Gasteiger partial charge is 0.404 e. The highest BCUT2D eigenvalue weighted by Gasteiger charge is 1.96. The third-order valence-corrected chi connectivity index (χ3v) is 2.62. The van der Waals surface area contributed by atoms with E-state index in [2.05, 4.69) is 29.1 Å². The molecule has 1 rings (SSSR count). The lowest BCUT2D eigenvalue weighted by atomic mass is 10.4. The molecular formula is C9H14N2O2S. The molecule has 0 saturated carbocycles. The van der Waals surface area contributed by atoms with Gasteiger partial charge in [-0.15, -0.1) is 11.3 Å². The summed E-state index contributed by atoms with van der Waals surface area (Å²) in [6.07, 6.45) is -0.723. The fourth-order valence-electron chi connectivity index (χ4n) is 1.02. The normalized spacial score (nSPS) is 10.1. The van der Waals surface area contributed by atoms with E-state index in [1.165, 1.54) is 9.75 Å². The summed E-state index contributed by atoms with van der Waals surface area (Å²) in [7, 11) is 0. The highest BCUT2D eigenvalue weighted by atomic mass is 32.1. The van der Waals surface area contributed by atoms with Crippen LogP contribution in [-0.4, -0.2) is 19.2 Å². The molecule has 1 aromatic rings. The Balaban J connectivity index is 2.07. The van der Waals surface area contributed by atoms with Crippen molar-refractivity contribution in [2.75, 3.05) is 13.2 Å². The zero-order chi connectivity index (χ0) is 10.4. The Morgan fingerprint density at radius 2 is 2.43 bits per heavy atom. The molecule has 4 nitrogen and oxygen atoms in total. The van der Waals surface area contributed by atoms with E-state index in [1.807, 2.05) is 0 Å². The second-order valence-electron chi connectivity index (χ2n) is 2.86. The fraction of sp³-hybridized carbons (Fsp3) is 0.444. The van der Waals surface area contributed by atoms with Gasteiger partial charge in [0.05, 0.1) is 0 Å². The molecule has 0 radical (unpaired) electrons. The first-order chi connectivity index (χ1) is 6.68. The van der Waals surface area contributed by atoms with Gasteiger partial charge in [0, 0.05) is 22.8 Å². The SMILES string of the molecule is Cc1ccc(CNCCOC(N)=O)s1. The minimum atomic E-state index is -0.723. The minimum absolute atomic E-state index is 0.319. The molecule has 14 heavy (non-hydrogen) atoms. The summed E-state index contributed by atoms with van der Waals surface area (Å²) < 4.78 is 4.56. The van der Waals surface area contributed by atoms with Crippen LogP contribution in [0.4, 0.5) is 4.79 Å². The summed E-state index contributed by atoms with van der Waals surface area (Å²) in [6, 6.07) is 4.17. The second kappa shape index (κ2) is 5.62. The predicted molar refractivity (Wildman–Crippen MR) is 56.3 cm³/mol. The van der Waals surface area contributed by atoms with E-state index >= 15 is 0 Å².